The number of nitrogens with one attached hydrogen (secondary N) is 1. The number of hydrogen-bond acceptors (Lipinski definition) is 6. The van der Waals surface area contributed by atoms with E-state index in [1.54, 1.807) is 18.3 Å². The van der Waals surface area contributed by atoms with Crippen LogP contribution in [0.4, 0.5) is 0 Å². The average Bonchev–Trinajstić information content (AvgIpc) is 3.21. The van der Waals surface area contributed by atoms with Gasteiger partial charge in [0.15, 0.2) is 11.5 Å². The Hall–Kier alpha value is -3.49. The summed E-state index contributed by atoms with van der Waals surface area (Å²) in [7, 11) is 0. The summed E-state index contributed by atoms with van der Waals surface area (Å²) in [5, 5.41) is 10.2. The maximum Gasteiger partial charge on any atom is 0.303 e. The van der Waals surface area contributed by atoms with Gasteiger partial charge in [-0.1, -0.05) is 36.4 Å². The smallest absolute Gasteiger partial charge is 0.303 e. The van der Waals surface area contributed by atoms with E-state index in [1.165, 1.54) is 0 Å². The van der Waals surface area contributed by atoms with E-state index in [9.17, 15) is 4.79 Å². The number of aromatic nitrogens is 1. The van der Waals surface area contributed by atoms with Crippen LogP contribution < -0.4 is 15.4 Å². The second-order valence-corrected chi connectivity index (χ2v) is 7.48. The highest BCUT2D eigenvalue weighted by Crippen LogP contribution is 2.37. The van der Waals surface area contributed by atoms with Gasteiger partial charge in [0, 0.05) is 29.1 Å². The number of carboxylic acids is 1. The number of benzene rings is 2. The molecule has 0 fully saturated rings. The minimum atomic E-state index is -0.848. The molecule has 0 atom stereocenters. The Morgan fingerprint density at radius 2 is 2.00 bits per heavy atom. The highest BCUT2D eigenvalue weighted by atomic mass is 35.5. The fourth-order valence-corrected chi connectivity index (χ4v) is 3.75. The minimum absolute atomic E-state index is 0.0438. The second kappa shape index (κ2) is 10.9. The lowest BCUT2D eigenvalue weighted by Gasteiger charge is -2.15. The van der Waals surface area contributed by atoms with Gasteiger partial charge in [-0.15, -0.1) is 0 Å². The SMILES string of the molecule is C=C(N=C(ON)c1cc(Cl)c(OCC)c(OCC)c1)c1cccc2c(CCC(=O)O)c[nH]c12. The van der Waals surface area contributed by atoms with E-state index in [4.69, 9.17) is 36.9 Å². The number of aromatic amines is 1. The summed E-state index contributed by atoms with van der Waals surface area (Å²) in [6.07, 6.45) is 2.26. The van der Waals surface area contributed by atoms with E-state index in [0.717, 1.165) is 22.0 Å². The fourth-order valence-electron chi connectivity index (χ4n) is 3.48. The average molecular weight is 472 g/mol. The molecule has 4 N–H and O–H groups in total. The number of ether oxygens (including phenoxy) is 2. The predicted molar refractivity (Wildman–Crippen MR) is 129 cm³/mol. The number of halogens is 1. The number of rotatable bonds is 10. The standard InChI is InChI=1S/C24H26ClN3O5/c1-4-31-20-12-16(11-19(25)23(20)32-5-2)24(33-26)28-14(3)17-7-6-8-18-15(9-10-21(29)30)13-27-22(17)18/h6-8,11-13,27H,3-5,9-10,26H2,1-2H3,(H,29,30). The zero-order valence-electron chi connectivity index (χ0n) is 18.5. The number of H-pyrrole nitrogens is 1. The number of aryl methyl sites for hydroxylation is 1. The third-order valence-electron chi connectivity index (χ3n) is 4.91. The number of para-hydroxylation sites is 1. The molecule has 1 aromatic heterocycles. The van der Waals surface area contributed by atoms with Crippen molar-refractivity contribution in [3.8, 4) is 11.5 Å². The van der Waals surface area contributed by atoms with E-state index in [0.29, 0.717) is 47.4 Å². The van der Waals surface area contributed by atoms with Crippen LogP contribution in [-0.2, 0) is 16.1 Å². The van der Waals surface area contributed by atoms with E-state index in [1.807, 2.05) is 32.0 Å². The molecule has 0 aliphatic rings. The lowest BCUT2D eigenvalue weighted by molar-refractivity contribution is -0.136. The lowest BCUT2D eigenvalue weighted by Crippen LogP contribution is -2.13. The Bertz CT molecular complexity index is 1200. The normalized spacial score (nSPS) is 11.5. The van der Waals surface area contributed by atoms with Gasteiger partial charge in [0.2, 0.25) is 5.90 Å². The van der Waals surface area contributed by atoms with Crippen LogP contribution in [0.1, 0.15) is 37.0 Å². The molecule has 0 aliphatic carbocycles. The van der Waals surface area contributed by atoms with Crippen LogP contribution in [0.2, 0.25) is 5.02 Å². The molecular weight excluding hydrogens is 446 g/mol. The Kier molecular flexibility index (Phi) is 7.97. The molecule has 33 heavy (non-hydrogen) atoms. The Morgan fingerprint density at radius 3 is 2.67 bits per heavy atom. The first-order valence-corrected chi connectivity index (χ1v) is 10.8. The second-order valence-electron chi connectivity index (χ2n) is 7.07. The summed E-state index contributed by atoms with van der Waals surface area (Å²) in [4.78, 5) is 23.7. The molecule has 0 radical (unpaired) electrons. The van der Waals surface area contributed by atoms with Gasteiger partial charge in [0.05, 0.1) is 29.5 Å². The van der Waals surface area contributed by atoms with E-state index in [2.05, 4.69) is 16.6 Å². The molecule has 9 heteroatoms. The first-order chi connectivity index (χ1) is 15.9. The van der Waals surface area contributed by atoms with Crippen molar-refractivity contribution in [3.05, 3.63) is 64.8 Å². The van der Waals surface area contributed by atoms with Crippen molar-refractivity contribution >= 4 is 40.1 Å². The Morgan fingerprint density at radius 1 is 1.24 bits per heavy atom. The molecular formula is C24H26ClN3O5. The summed E-state index contributed by atoms with van der Waals surface area (Å²) in [6, 6.07) is 8.97. The number of aliphatic carboxylic acids is 1. The summed E-state index contributed by atoms with van der Waals surface area (Å²) in [6.45, 7) is 8.63. The molecule has 0 unspecified atom stereocenters. The summed E-state index contributed by atoms with van der Waals surface area (Å²) >= 11 is 6.41. The molecule has 2 aromatic carbocycles. The van der Waals surface area contributed by atoms with Crippen molar-refractivity contribution in [1.29, 1.82) is 0 Å². The van der Waals surface area contributed by atoms with Gasteiger partial charge in [0.1, 0.15) is 0 Å². The Labute approximate surface area is 196 Å². The van der Waals surface area contributed by atoms with Gasteiger partial charge in [-0.2, -0.15) is 5.90 Å². The van der Waals surface area contributed by atoms with E-state index >= 15 is 0 Å². The number of fused-ring (bicyclic) bond motifs is 1. The van der Waals surface area contributed by atoms with Gasteiger partial charge in [-0.3, -0.25) is 4.79 Å². The molecule has 1 heterocycles. The van der Waals surface area contributed by atoms with Crippen LogP contribution in [-0.4, -0.2) is 35.2 Å². The number of nitrogens with two attached hydrogens (primary N) is 1. The Balaban J connectivity index is 1.99. The molecule has 8 nitrogen and oxygen atoms in total. The highest BCUT2D eigenvalue weighted by molar-refractivity contribution is 6.32. The molecule has 3 aromatic rings. The number of aliphatic imine (C=N–C) groups is 1. The third-order valence-corrected chi connectivity index (χ3v) is 5.19. The van der Waals surface area contributed by atoms with Gasteiger partial charge in [0.25, 0.3) is 0 Å². The quantitative estimate of drug-likeness (QED) is 0.219. The van der Waals surface area contributed by atoms with E-state index < -0.39 is 5.97 Å². The van der Waals surface area contributed by atoms with Crippen molar-refractivity contribution in [2.24, 2.45) is 10.9 Å². The number of nitrogens with zero attached hydrogens (tertiary/aromatic N) is 1. The van der Waals surface area contributed by atoms with E-state index in [-0.39, 0.29) is 12.3 Å². The molecule has 0 saturated carbocycles. The first-order valence-electron chi connectivity index (χ1n) is 10.4. The first kappa shape index (κ1) is 24.2. The number of hydrogen-bond donors (Lipinski definition) is 3. The van der Waals surface area contributed by atoms with Crippen molar-refractivity contribution in [1.82, 2.24) is 4.98 Å². The molecule has 0 aliphatic heterocycles. The van der Waals surface area contributed by atoms with Gasteiger partial charge in [-0.05, 0) is 38.0 Å². The predicted octanol–water partition coefficient (Wildman–Crippen LogP) is 4.94. The summed E-state index contributed by atoms with van der Waals surface area (Å²) in [5.41, 5.74) is 3.32. The van der Waals surface area contributed by atoms with Crippen LogP contribution >= 0.6 is 11.6 Å². The van der Waals surface area contributed by atoms with Gasteiger partial charge < -0.3 is 24.4 Å². The van der Waals surface area contributed by atoms with Crippen molar-refractivity contribution in [2.75, 3.05) is 13.2 Å². The zero-order valence-corrected chi connectivity index (χ0v) is 19.2. The molecule has 0 bridgehead atoms. The molecule has 3 rings (SSSR count). The molecule has 0 spiro atoms. The lowest BCUT2D eigenvalue weighted by atomic mass is 10.0. The van der Waals surface area contributed by atoms with Crippen LogP contribution in [0.3, 0.4) is 0 Å². The molecule has 0 amide bonds. The summed E-state index contributed by atoms with van der Waals surface area (Å²) < 4.78 is 11.3. The monoisotopic (exact) mass is 471 g/mol. The largest absolute Gasteiger partial charge is 0.490 e. The van der Waals surface area contributed by atoms with Crippen LogP contribution in [0.5, 0.6) is 11.5 Å². The number of carbonyl (C=O) groups is 1. The summed E-state index contributed by atoms with van der Waals surface area (Å²) in [5.74, 6) is 5.67. The van der Waals surface area contributed by atoms with Crippen molar-refractivity contribution < 1.29 is 24.2 Å². The van der Waals surface area contributed by atoms with Gasteiger partial charge in [-0.25, -0.2) is 4.99 Å². The van der Waals surface area contributed by atoms with Crippen molar-refractivity contribution in [2.45, 2.75) is 26.7 Å². The maximum atomic E-state index is 10.9. The molecule has 0 saturated heterocycles. The van der Waals surface area contributed by atoms with Crippen LogP contribution in [0.25, 0.3) is 16.6 Å². The fraction of sp³-hybridized carbons (Fsp3) is 0.250. The maximum absolute atomic E-state index is 10.9. The van der Waals surface area contributed by atoms with Gasteiger partial charge >= 0.3 is 5.97 Å². The highest BCUT2D eigenvalue weighted by Gasteiger charge is 2.17. The minimum Gasteiger partial charge on any atom is -0.490 e. The van der Waals surface area contributed by atoms with Crippen molar-refractivity contribution in [3.63, 3.8) is 0 Å². The van der Waals surface area contributed by atoms with Crippen LogP contribution in [0, 0.1) is 0 Å². The molecule has 174 valence electrons. The number of carboxylic acid groups (broad SMARTS) is 1. The zero-order chi connectivity index (χ0) is 24.0. The van der Waals surface area contributed by atoms with Crippen LogP contribution in [0.15, 0.2) is 48.1 Å². The third kappa shape index (κ3) is 5.47. The topological polar surface area (TPSA) is 119 Å².